The highest BCUT2D eigenvalue weighted by molar-refractivity contribution is 6.30. The Kier molecular flexibility index (Phi) is 4.33. The van der Waals surface area contributed by atoms with E-state index in [1.807, 2.05) is 4.90 Å². The maximum atomic E-state index is 12.5. The minimum atomic E-state index is -0.529. The van der Waals surface area contributed by atoms with Crippen molar-refractivity contribution in [2.24, 2.45) is 5.92 Å². The van der Waals surface area contributed by atoms with Crippen molar-refractivity contribution < 1.29 is 14.6 Å². The van der Waals surface area contributed by atoms with Crippen molar-refractivity contribution in [1.82, 2.24) is 4.90 Å². The first-order valence-corrected chi connectivity index (χ1v) is 8.29. The van der Waals surface area contributed by atoms with E-state index in [4.69, 9.17) is 16.3 Å². The lowest BCUT2D eigenvalue weighted by Crippen LogP contribution is -2.46. The molecule has 0 aromatic heterocycles. The van der Waals surface area contributed by atoms with E-state index < -0.39 is 11.7 Å². The number of halogens is 1. The number of ether oxygens (including phenoxy) is 1. The van der Waals surface area contributed by atoms with Crippen LogP contribution in [0.3, 0.4) is 0 Å². The van der Waals surface area contributed by atoms with E-state index in [9.17, 15) is 9.90 Å². The second kappa shape index (κ2) is 6.09. The number of carbonyl (C=O) groups is 1. The highest BCUT2D eigenvalue weighted by Gasteiger charge is 2.48. The van der Waals surface area contributed by atoms with Gasteiger partial charge in [0, 0.05) is 18.1 Å². The van der Waals surface area contributed by atoms with Crippen LogP contribution >= 0.6 is 11.6 Å². The first-order chi connectivity index (χ1) is 10.5. The molecule has 1 saturated heterocycles. The van der Waals surface area contributed by atoms with Crippen molar-refractivity contribution >= 4 is 17.5 Å². The fourth-order valence-electron chi connectivity index (χ4n) is 3.23. The van der Waals surface area contributed by atoms with Crippen molar-refractivity contribution in [3.63, 3.8) is 0 Å². The van der Waals surface area contributed by atoms with Crippen molar-refractivity contribution in [3.8, 4) is 5.75 Å². The van der Waals surface area contributed by atoms with Gasteiger partial charge in [-0.15, -0.1) is 0 Å². The van der Waals surface area contributed by atoms with Crippen LogP contribution in [0, 0.1) is 5.92 Å². The van der Waals surface area contributed by atoms with Gasteiger partial charge < -0.3 is 14.7 Å². The van der Waals surface area contributed by atoms with Gasteiger partial charge in [-0.1, -0.05) is 17.7 Å². The van der Waals surface area contributed by atoms with Crippen LogP contribution in [0.1, 0.15) is 32.6 Å². The normalized spacial score (nSPS) is 22.2. The summed E-state index contributed by atoms with van der Waals surface area (Å²) >= 11 is 5.92. The summed E-state index contributed by atoms with van der Waals surface area (Å²) in [7, 11) is 0. The highest BCUT2D eigenvalue weighted by Crippen LogP contribution is 2.46. The Labute approximate surface area is 136 Å². The number of hydrogen-bond donors (Lipinski definition) is 1. The van der Waals surface area contributed by atoms with Crippen LogP contribution in [-0.4, -0.2) is 40.7 Å². The molecule has 2 fully saturated rings. The van der Waals surface area contributed by atoms with Gasteiger partial charge in [-0.3, -0.25) is 4.79 Å². The predicted molar refractivity (Wildman–Crippen MR) is 85.0 cm³/mol. The largest absolute Gasteiger partial charge is 0.481 e. The van der Waals surface area contributed by atoms with Crippen LogP contribution in [0.25, 0.3) is 0 Å². The van der Waals surface area contributed by atoms with E-state index in [0.717, 1.165) is 25.7 Å². The molecule has 1 amide bonds. The first kappa shape index (κ1) is 15.6. The first-order valence-electron chi connectivity index (χ1n) is 7.91. The molecule has 1 aliphatic carbocycles. The van der Waals surface area contributed by atoms with Crippen LogP contribution in [0.15, 0.2) is 24.3 Å². The molecule has 1 heterocycles. The van der Waals surface area contributed by atoms with Crippen molar-refractivity contribution in [2.45, 2.75) is 44.3 Å². The van der Waals surface area contributed by atoms with E-state index in [1.165, 1.54) is 0 Å². The molecule has 1 atom stereocenters. The van der Waals surface area contributed by atoms with Gasteiger partial charge in [0.1, 0.15) is 5.75 Å². The molecule has 1 unspecified atom stereocenters. The van der Waals surface area contributed by atoms with Gasteiger partial charge in [0.15, 0.2) is 6.10 Å². The molecule has 2 aliphatic rings. The number of hydrogen-bond acceptors (Lipinski definition) is 3. The number of benzene rings is 1. The number of rotatable bonds is 4. The highest BCUT2D eigenvalue weighted by atomic mass is 35.5. The lowest BCUT2D eigenvalue weighted by molar-refractivity contribution is -0.140. The van der Waals surface area contributed by atoms with E-state index in [0.29, 0.717) is 29.8 Å². The second-order valence-electron chi connectivity index (χ2n) is 6.42. The zero-order chi connectivity index (χ0) is 15.7. The number of nitrogens with zero attached hydrogens (tertiary/aromatic N) is 1. The SMILES string of the molecule is CC(Oc1cccc(Cl)c1)C(=O)N1CCC(C2(O)CC2)CC1. The van der Waals surface area contributed by atoms with Crippen LogP contribution in [-0.2, 0) is 4.79 Å². The molecule has 0 bridgehead atoms. The zero-order valence-corrected chi connectivity index (χ0v) is 13.6. The van der Waals surface area contributed by atoms with Crippen molar-refractivity contribution in [3.05, 3.63) is 29.3 Å². The van der Waals surface area contributed by atoms with E-state index >= 15 is 0 Å². The Bertz CT molecular complexity index is 551. The molecule has 1 N–H and O–H groups in total. The van der Waals surface area contributed by atoms with Gasteiger partial charge in [0.25, 0.3) is 5.91 Å². The fourth-order valence-corrected chi connectivity index (χ4v) is 3.41. The predicted octanol–water partition coefficient (Wildman–Crippen LogP) is 2.87. The van der Waals surface area contributed by atoms with Gasteiger partial charge in [-0.25, -0.2) is 0 Å². The topological polar surface area (TPSA) is 49.8 Å². The lowest BCUT2D eigenvalue weighted by atomic mass is 9.89. The van der Waals surface area contributed by atoms with Crippen LogP contribution in [0.5, 0.6) is 5.75 Å². The molecule has 4 nitrogen and oxygen atoms in total. The average Bonchev–Trinajstić information content (AvgIpc) is 3.26. The molecule has 5 heteroatoms. The maximum Gasteiger partial charge on any atom is 0.263 e. The molecular weight excluding hydrogens is 302 g/mol. The minimum absolute atomic E-state index is 0.00112. The minimum Gasteiger partial charge on any atom is -0.481 e. The molecule has 0 spiro atoms. The zero-order valence-electron chi connectivity index (χ0n) is 12.8. The molecule has 120 valence electrons. The van der Waals surface area contributed by atoms with Gasteiger partial charge >= 0.3 is 0 Å². The summed E-state index contributed by atoms with van der Waals surface area (Å²) in [6, 6.07) is 7.08. The second-order valence-corrected chi connectivity index (χ2v) is 6.86. The Morgan fingerprint density at radius 2 is 2.09 bits per heavy atom. The molecule has 0 radical (unpaired) electrons. The summed E-state index contributed by atoms with van der Waals surface area (Å²) in [5.74, 6) is 0.956. The standard InChI is InChI=1S/C17H22ClNO3/c1-12(22-15-4-2-3-14(18)11-15)16(20)19-9-5-13(6-10-19)17(21)7-8-17/h2-4,11-13,21H,5-10H2,1H3. The monoisotopic (exact) mass is 323 g/mol. The summed E-state index contributed by atoms with van der Waals surface area (Å²) in [6.07, 6.45) is 3.07. The van der Waals surface area contributed by atoms with E-state index in [-0.39, 0.29) is 5.91 Å². The summed E-state index contributed by atoms with van der Waals surface area (Å²) in [6.45, 7) is 3.17. The number of amides is 1. The Morgan fingerprint density at radius 1 is 1.41 bits per heavy atom. The number of aliphatic hydroxyl groups is 1. The lowest BCUT2D eigenvalue weighted by Gasteiger charge is -2.35. The average molecular weight is 324 g/mol. The third kappa shape index (κ3) is 3.39. The van der Waals surface area contributed by atoms with Crippen LogP contribution < -0.4 is 4.74 Å². The summed E-state index contributed by atoms with van der Waals surface area (Å²) < 4.78 is 5.69. The summed E-state index contributed by atoms with van der Waals surface area (Å²) in [5, 5.41) is 10.8. The number of likely N-dealkylation sites (tertiary alicyclic amines) is 1. The molecular formula is C17H22ClNO3. The van der Waals surface area contributed by atoms with Gasteiger partial charge in [-0.2, -0.15) is 0 Å². The molecule has 22 heavy (non-hydrogen) atoms. The Balaban J connectivity index is 1.53. The van der Waals surface area contributed by atoms with Gasteiger partial charge in [0.2, 0.25) is 0 Å². The van der Waals surface area contributed by atoms with Crippen molar-refractivity contribution in [1.29, 1.82) is 0 Å². The van der Waals surface area contributed by atoms with Gasteiger partial charge in [-0.05, 0) is 56.7 Å². The smallest absolute Gasteiger partial charge is 0.263 e. The van der Waals surface area contributed by atoms with Crippen LogP contribution in [0.4, 0.5) is 0 Å². The third-order valence-corrected chi connectivity index (χ3v) is 5.02. The van der Waals surface area contributed by atoms with E-state index in [2.05, 4.69) is 0 Å². The quantitative estimate of drug-likeness (QED) is 0.927. The summed E-state index contributed by atoms with van der Waals surface area (Å²) in [4.78, 5) is 14.3. The van der Waals surface area contributed by atoms with Crippen LogP contribution in [0.2, 0.25) is 5.02 Å². The summed E-state index contributed by atoms with van der Waals surface area (Å²) in [5.41, 5.74) is -0.432. The third-order valence-electron chi connectivity index (χ3n) is 4.79. The molecule has 1 aromatic rings. The number of carbonyl (C=O) groups excluding carboxylic acids is 1. The van der Waals surface area contributed by atoms with Gasteiger partial charge in [0.05, 0.1) is 5.60 Å². The Morgan fingerprint density at radius 3 is 2.68 bits per heavy atom. The van der Waals surface area contributed by atoms with Crippen molar-refractivity contribution in [2.75, 3.05) is 13.1 Å². The van der Waals surface area contributed by atoms with E-state index in [1.54, 1.807) is 31.2 Å². The molecule has 3 rings (SSSR count). The fraction of sp³-hybridized carbons (Fsp3) is 0.588. The molecule has 1 aliphatic heterocycles. The molecule has 1 aromatic carbocycles. The molecule has 1 saturated carbocycles. The maximum absolute atomic E-state index is 12.5. The Hall–Kier alpha value is -1.26. The number of piperidine rings is 1.